The Morgan fingerprint density at radius 1 is 1.47 bits per heavy atom. The first-order chi connectivity index (χ1) is 7.22. The van der Waals surface area contributed by atoms with Crippen molar-refractivity contribution in [2.45, 2.75) is 6.54 Å². The Labute approximate surface area is 89.4 Å². The molecule has 0 aliphatic carbocycles. The number of hydrogen-bond donors (Lipinski definition) is 0. The largest absolute Gasteiger partial charge is 0.304 e. The average Bonchev–Trinajstić information content (AvgIpc) is 2.56. The fourth-order valence-corrected chi connectivity index (χ4v) is 1.61. The molecule has 0 amide bonds. The summed E-state index contributed by atoms with van der Waals surface area (Å²) in [6.45, 7) is 0.796. The predicted molar refractivity (Wildman–Crippen MR) is 60.5 cm³/mol. The van der Waals surface area contributed by atoms with Gasteiger partial charge in [0.2, 0.25) is 0 Å². The van der Waals surface area contributed by atoms with Gasteiger partial charge >= 0.3 is 0 Å². The van der Waals surface area contributed by atoms with Crippen LogP contribution < -0.4 is 0 Å². The van der Waals surface area contributed by atoms with Crippen LogP contribution in [0.15, 0.2) is 24.4 Å². The molecular formula is C12H13N3. The van der Waals surface area contributed by atoms with Crippen LogP contribution in [0.3, 0.4) is 0 Å². The maximum absolute atomic E-state index is 5.45. The normalized spacial score (nSPS) is 10.8. The van der Waals surface area contributed by atoms with E-state index in [2.05, 4.69) is 15.8 Å². The van der Waals surface area contributed by atoms with Crippen molar-refractivity contribution >= 4 is 5.65 Å². The molecule has 2 heterocycles. The van der Waals surface area contributed by atoms with Crippen LogP contribution >= 0.6 is 0 Å². The molecular weight excluding hydrogens is 186 g/mol. The molecule has 0 aliphatic heterocycles. The summed E-state index contributed by atoms with van der Waals surface area (Å²) in [4.78, 5) is 6.47. The molecule has 0 fully saturated rings. The van der Waals surface area contributed by atoms with Crippen molar-refractivity contribution in [2.24, 2.45) is 0 Å². The first-order valence-corrected chi connectivity index (χ1v) is 4.79. The van der Waals surface area contributed by atoms with Gasteiger partial charge in [-0.05, 0) is 32.1 Å². The number of nitrogens with zero attached hydrogens (tertiary/aromatic N) is 3. The van der Waals surface area contributed by atoms with E-state index in [9.17, 15) is 0 Å². The molecule has 0 N–H and O–H groups in total. The molecule has 0 spiro atoms. The zero-order valence-corrected chi connectivity index (χ0v) is 8.94. The summed E-state index contributed by atoms with van der Waals surface area (Å²) in [5.41, 5.74) is 2.70. The van der Waals surface area contributed by atoms with E-state index in [-0.39, 0.29) is 0 Å². The number of fused-ring (bicyclic) bond motifs is 1. The topological polar surface area (TPSA) is 20.5 Å². The molecule has 0 unspecified atom stereocenters. The minimum Gasteiger partial charge on any atom is -0.304 e. The van der Waals surface area contributed by atoms with Gasteiger partial charge in [-0.15, -0.1) is 6.42 Å². The van der Waals surface area contributed by atoms with Crippen molar-refractivity contribution in [3.63, 3.8) is 0 Å². The second-order valence-electron chi connectivity index (χ2n) is 3.72. The van der Waals surface area contributed by atoms with Crippen LogP contribution in [0.2, 0.25) is 0 Å². The Balaban J connectivity index is 2.63. The molecule has 2 rings (SSSR count). The summed E-state index contributed by atoms with van der Waals surface area (Å²) < 4.78 is 2.04. The van der Waals surface area contributed by atoms with E-state index in [0.717, 1.165) is 23.6 Å². The van der Waals surface area contributed by atoms with E-state index < -0.39 is 0 Å². The number of rotatable bonds is 2. The lowest BCUT2D eigenvalue weighted by atomic mass is 10.3. The van der Waals surface area contributed by atoms with Crippen LogP contribution in [0.4, 0.5) is 0 Å². The monoisotopic (exact) mass is 199 g/mol. The second-order valence-corrected chi connectivity index (χ2v) is 3.72. The van der Waals surface area contributed by atoms with Gasteiger partial charge in [-0.3, -0.25) is 0 Å². The van der Waals surface area contributed by atoms with Gasteiger partial charge in [0.05, 0.1) is 5.69 Å². The van der Waals surface area contributed by atoms with Crippen LogP contribution in [0, 0.1) is 12.3 Å². The summed E-state index contributed by atoms with van der Waals surface area (Å²) in [5.74, 6) is 2.63. The highest BCUT2D eigenvalue weighted by Gasteiger charge is 2.09. The van der Waals surface area contributed by atoms with Gasteiger partial charge in [-0.1, -0.05) is 6.07 Å². The van der Waals surface area contributed by atoms with Gasteiger partial charge in [0, 0.05) is 12.7 Å². The lowest BCUT2D eigenvalue weighted by molar-refractivity contribution is 0.395. The van der Waals surface area contributed by atoms with Crippen molar-refractivity contribution in [1.82, 2.24) is 14.3 Å². The summed E-state index contributed by atoms with van der Waals surface area (Å²) in [5, 5.41) is 0. The lowest BCUT2D eigenvalue weighted by Crippen LogP contribution is -2.13. The highest BCUT2D eigenvalue weighted by Crippen LogP contribution is 2.12. The molecule has 2 aromatic heterocycles. The first-order valence-electron chi connectivity index (χ1n) is 4.79. The maximum atomic E-state index is 5.45. The number of aromatic nitrogens is 2. The Morgan fingerprint density at radius 2 is 2.27 bits per heavy atom. The molecule has 0 saturated carbocycles. The zero-order valence-electron chi connectivity index (χ0n) is 8.94. The van der Waals surface area contributed by atoms with E-state index in [0.29, 0.717) is 0 Å². The van der Waals surface area contributed by atoms with Gasteiger partial charge in [0.25, 0.3) is 0 Å². The summed E-state index contributed by atoms with van der Waals surface area (Å²) >= 11 is 0. The van der Waals surface area contributed by atoms with Crippen molar-refractivity contribution in [3.05, 3.63) is 35.8 Å². The summed E-state index contributed by atoms with van der Waals surface area (Å²) in [6, 6.07) is 5.90. The predicted octanol–water partition coefficient (Wildman–Crippen LogP) is 1.38. The van der Waals surface area contributed by atoms with Crippen LogP contribution in [0.1, 0.15) is 11.4 Å². The minimum absolute atomic E-state index is 0.731. The molecule has 0 aromatic carbocycles. The Bertz CT molecular complexity index is 517. The van der Waals surface area contributed by atoms with Crippen LogP contribution in [0.25, 0.3) is 5.65 Å². The molecule has 0 aliphatic rings. The second kappa shape index (κ2) is 3.76. The molecule has 3 heteroatoms. The Hall–Kier alpha value is -1.79. The molecule has 0 bridgehead atoms. The summed E-state index contributed by atoms with van der Waals surface area (Å²) in [7, 11) is 4.03. The molecule has 15 heavy (non-hydrogen) atoms. The van der Waals surface area contributed by atoms with Gasteiger partial charge in [-0.25, -0.2) is 4.98 Å². The molecule has 3 nitrogen and oxygen atoms in total. The molecule has 76 valence electrons. The van der Waals surface area contributed by atoms with Gasteiger partial charge in [0.1, 0.15) is 11.3 Å². The molecule has 0 radical (unpaired) electrons. The lowest BCUT2D eigenvalue weighted by Gasteiger charge is -2.09. The summed E-state index contributed by atoms with van der Waals surface area (Å²) in [6.07, 6.45) is 7.43. The number of pyridine rings is 1. The highest BCUT2D eigenvalue weighted by molar-refractivity contribution is 5.47. The van der Waals surface area contributed by atoms with Crippen LogP contribution in [0.5, 0.6) is 0 Å². The van der Waals surface area contributed by atoms with E-state index in [1.165, 1.54) is 0 Å². The Kier molecular flexibility index (Phi) is 2.44. The standard InChI is InChI=1S/C12H13N3/c1-4-10-11(9-14(2)3)15-8-6-5-7-12(15)13-10/h1,5-8H,9H2,2-3H3. The van der Waals surface area contributed by atoms with E-state index in [1.54, 1.807) is 0 Å². The van der Waals surface area contributed by atoms with E-state index in [4.69, 9.17) is 6.42 Å². The first kappa shape index (κ1) is 9.75. The van der Waals surface area contributed by atoms with Crippen molar-refractivity contribution in [1.29, 1.82) is 0 Å². The third kappa shape index (κ3) is 1.72. The smallest absolute Gasteiger partial charge is 0.138 e. The highest BCUT2D eigenvalue weighted by atomic mass is 15.1. The van der Waals surface area contributed by atoms with Crippen molar-refractivity contribution in [3.8, 4) is 12.3 Å². The molecule has 2 aromatic rings. The fraction of sp³-hybridized carbons (Fsp3) is 0.250. The number of imidazole rings is 1. The van der Waals surface area contributed by atoms with Crippen LogP contribution in [-0.4, -0.2) is 28.4 Å². The van der Waals surface area contributed by atoms with E-state index >= 15 is 0 Å². The number of terminal acetylenes is 1. The van der Waals surface area contributed by atoms with Crippen molar-refractivity contribution < 1.29 is 0 Å². The Morgan fingerprint density at radius 3 is 2.93 bits per heavy atom. The zero-order chi connectivity index (χ0) is 10.8. The van der Waals surface area contributed by atoms with Gasteiger partial charge < -0.3 is 9.30 Å². The van der Waals surface area contributed by atoms with E-state index in [1.807, 2.05) is 42.9 Å². The van der Waals surface area contributed by atoms with Gasteiger partial charge in [0.15, 0.2) is 0 Å². The van der Waals surface area contributed by atoms with Crippen molar-refractivity contribution in [2.75, 3.05) is 14.1 Å². The van der Waals surface area contributed by atoms with Gasteiger partial charge in [-0.2, -0.15) is 0 Å². The van der Waals surface area contributed by atoms with Crippen LogP contribution in [-0.2, 0) is 6.54 Å². The third-order valence-corrected chi connectivity index (χ3v) is 2.23. The quantitative estimate of drug-likeness (QED) is 0.681. The minimum atomic E-state index is 0.731. The average molecular weight is 199 g/mol. The third-order valence-electron chi connectivity index (χ3n) is 2.23. The fourth-order valence-electron chi connectivity index (χ4n) is 1.61. The number of hydrogen-bond acceptors (Lipinski definition) is 2. The SMILES string of the molecule is C#Cc1nc2ccccn2c1CN(C)C. The molecule has 0 saturated heterocycles. The molecule has 0 atom stereocenters. The maximum Gasteiger partial charge on any atom is 0.138 e.